The van der Waals surface area contributed by atoms with E-state index in [0.29, 0.717) is 36.9 Å². The van der Waals surface area contributed by atoms with Gasteiger partial charge in [-0.05, 0) is 61.7 Å². The molecule has 5 aliphatic rings. The number of epoxide rings is 1. The molecule has 0 spiro atoms. The van der Waals surface area contributed by atoms with Crippen LogP contribution >= 0.6 is 0 Å². The summed E-state index contributed by atoms with van der Waals surface area (Å²) in [5.41, 5.74) is -0.633. The van der Waals surface area contributed by atoms with Gasteiger partial charge in [0, 0.05) is 6.42 Å². The van der Waals surface area contributed by atoms with Crippen molar-refractivity contribution in [1.82, 2.24) is 0 Å². The number of rotatable bonds is 0. The van der Waals surface area contributed by atoms with Gasteiger partial charge in [-0.1, -0.05) is 6.92 Å². The molecule has 4 saturated carbocycles. The number of carbonyl (C=O) groups is 2. The zero-order valence-corrected chi connectivity index (χ0v) is 13.1. The average Bonchev–Trinajstić information content (AvgIpc) is 3.21. The summed E-state index contributed by atoms with van der Waals surface area (Å²) < 4.78 is 5.81. The summed E-state index contributed by atoms with van der Waals surface area (Å²) in [5.74, 6) is 0.373. The molecule has 0 aromatic rings. The normalized spacial score (nSPS) is 59.4. The molecule has 1 N–H and O–H groups in total. The third-order valence-corrected chi connectivity index (χ3v) is 7.97. The Labute approximate surface area is 130 Å². The van der Waals surface area contributed by atoms with E-state index in [1.807, 2.05) is 0 Å². The molecule has 0 aromatic carbocycles. The molecule has 1 saturated heterocycles. The van der Waals surface area contributed by atoms with E-state index >= 15 is 0 Å². The Bertz CT molecular complexity index is 571. The smallest absolute Gasteiger partial charge is 0.204 e. The Hall–Kier alpha value is -0.740. The number of ether oxygens (including phenoxy) is 1. The van der Waals surface area contributed by atoms with E-state index < -0.39 is 11.5 Å². The van der Waals surface area contributed by atoms with Gasteiger partial charge in [-0.2, -0.15) is 0 Å². The standard InChI is InChI=1S/C18H24O4/c1-17-6-4-10-9(12(17)8-14-16(17)22-14)2-3-11-15(20)13(19)5-7-18(10,11)21/h9-12,14,16,21H,2-8H2,1H3/t9-,10+,11?,12+,14-,16-,17+,18+/m1/s1. The van der Waals surface area contributed by atoms with E-state index in [9.17, 15) is 14.7 Å². The van der Waals surface area contributed by atoms with Crippen LogP contribution < -0.4 is 0 Å². The molecular formula is C18H24O4. The van der Waals surface area contributed by atoms with Gasteiger partial charge in [0.15, 0.2) is 5.78 Å². The number of carbonyl (C=O) groups excluding carboxylic acids is 2. The largest absolute Gasteiger partial charge is 0.389 e. The average molecular weight is 304 g/mol. The third-order valence-electron chi connectivity index (χ3n) is 7.97. The van der Waals surface area contributed by atoms with Crippen molar-refractivity contribution in [3.8, 4) is 0 Å². The quantitative estimate of drug-likeness (QED) is 0.548. The van der Waals surface area contributed by atoms with Gasteiger partial charge in [-0.25, -0.2) is 0 Å². The summed E-state index contributed by atoms with van der Waals surface area (Å²) in [4.78, 5) is 24.0. The number of ketones is 2. The van der Waals surface area contributed by atoms with Gasteiger partial charge in [0.05, 0.1) is 23.7 Å². The van der Waals surface area contributed by atoms with Crippen molar-refractivity contribution in [2.24, 2.45) is 29.1 Å². The minimum atomic E-state index is -0.914. The van der Waals surface area contributed by atoms with Gasteiger partial charge in [0.25, 0.3) is 0 Å². The van der Waals surface area contributed by atoms with Crippen molar-refractivity contribution in [3.05, 3.63) is 0 Å². The third kappa shape index (κ3) is 1.46. The molecule has 1 aliphatic heterocycles. The van der Waals surface area contributed by atoms with Gasteiger partial charge in [0.2, 0.25) is 5.78 Å². The molecule has 5 rings (SSSR count). The molecule has 0 amide bonds. The highest BCUT2D eigenvalue weighted by Gasteiger charge is 2.69. The van der Waals surface area contributed by atoms with Crippen LogP contribution in [0.5, 0.6) is 0 Å². The maximum absolute atomic E-state index is 12.3. The van der Waals surface area contributed by atoms with Crippen LogP contribution in [0.15, 0.2) is 0 Å². The predicted octanol–water partition coefficient (Wildman–Crippen LogP) is 1.88. The summed E-state index contributed by atoms with van der Waals surface area (Å²) in [6, 6.07) is 0. The number of hydrogen-bond acceptors (Lipinski definition) is 4. The van der Waals surface area contributed by atoms with Crippen LogP contribution in [0, 0.1) is 29.1 Å². The Kier molecular flexibility index (Phi) is 2.50. The van der Waals surface area contributed by atoms with Crippen LogP contribution in [-0.4, -0.2) is 34.5 Å². The SMILES string of the molecule is C[C@]12CC[C@H]3[C@@H](CCC4C(=O)C(=O)CC[C@@]43O)[C@@H]1C[C@H]1O[C@H]12. The molecule has 0 aromatic heterocycles. The van der Waals surface area contributed by atoms with Gasteiger partial charge in [0.1, 0.15) is 0 Å². The molecule has 120 valence electrons. The highest BCUT2D eigenvalue weighted by molar-refractivity contribution is 6.38. The zero-order valence-electron chi connectivity index (χ0n) is 13.1. The molecule has 1 unspecified atom stereocenters. The minimum Gasteiger partial charge on any atom is -0.389 e. The summed E-state index contributed by atoms with van der Waals surface area (Å²) in [7, 11) is 0. The summed E-state index contributed by atoms with van der Waals surface area (Å²) in [6.07, 6.45) is 6.55. The van der Waals surface area contributed by atoms with Crippen molar-refractivity contribution in [3.63, 3.8) is 0 Å². The molecule has 4 heteroatoms. The second kappa shape index (κ2) is 4.02. The highest BCUT2D eigenvalue weighted by Crippen LogP contribution is 2.67. The predicted molar refractivity (Wildman–Crippen MR) is 78.0 cm³/mol. The van der Waals surface area contributed by atoms with Crippen LogP contribution in [0.25, 0.3) is 0 Å². The fraction of sp³-hybridized carbons (Fsp3) is 0.889. The lowest BCUT2D eigenvalue weighted by molar-refractivity contribution is -0.185. The topological polar surface area (TPSA) is 66.9 Å². The van der Waals surface area contributed by atoms with Gasteiger partial charge >= 0.3 is 0 Å². The van der Waals surface area contributed by atoms with Crippen molar-refractivity contribution in [2.75, 3.05) is 0 Å². The molecule has 22 heavy (non-hydrogen) atoms. The first-order chi connectivity index (χ1) is 10.4. The molecule has 4 nitrogen and oxygen atoms in total. The van der Waals surface area contributed by atoms with E-state index in [-0.39, 0.29) is 29.3 Å². The molecule has 1 heterocycles. The van der Waals surface area contributed by atoms with E-state index in [1.165, 1.54) is 0 Å². The van der Waals surface area contributed by atoms with E-state index in [2.05, 4.69) is 6.92 Å². The summed E-state index contributed by atoms with van der Waals surface area (Å²) in [6.45, 7) is 2.37. The molecule has 8 atom stereocenters. The molecule has 4 aliphatic carbocycles. The van der Waals surface area contributed by atoms with Crippen LogP contribution in [0.2, 0.25) is 0 Å². The number of hydrogen-bond donors (Lipinski definition) is 1. The van der Waals surface area contributed by atoms with Crippen LogP contribution in [0.3, 0.4) is 0 Å². The lowest BCUT2D eigenvalue weighted by Gasteiger charge is -2.58. The fourth-order valence-electron chi connectivity index (χ4n) is 6.82. The first-order valence-corrected chi connectivity index (χ1v) is 8.90. The maximum Gasteiger partial charge on any atom is 0.204 e. The highest BCUT2D eigenvalue weighted by atomic mass is 16.6. The molecule has 0 bridgehead atoms. The van der Waals surface area contributed by atoms with E-state index in [0.717, 1.165) is 25.7 Å². The molecular weight excluding hydrogens is 280 g/mol. The van der Waals surface area contributed by atoms with Crippen LogP contribution in [-0.2, 0) is 14.3 Å². The Morgan fingerprint density at radius 3 is 2.77 bits per heavy atom. The maximum atomic E-state index is 12.3. The molecule has 0 radical (unpaired) electrons. The van der Waals surface area contributed by atoms with E-state index in [1.54, 1.807) is 0 Å². The lowest BCUT2D eigenvalue weighted by atomic mass is 9.48. The molecule has 5 fully saturated rings. The first kappa shape index (κ1) is 13.7. The van der Waals surface area contributed by atoms with E-state index in [4.69, 9.17) is 4.74 Å². The number of fused-ring (bicyclic) bond motifs is 7. The van der Waals surface area contributed by atoms with Crippen molar-refractivity contribution < 1.29 is 19.4 Å². The number of Topliss-reactive ketones (excluding diaryl/α,β-unsaturated/α-hetero) is 2. The second-order valence-electron chi connectivity index (χ2n) is 8.66. The van der Waals surface area contributed by atoms with Gasteiger partial charge < -0.3 is 9.84 Å². The Morgan fingerprint density at radius 2 is 1.95 bits per heavy atom. The van der Waals surface area contributed by atoms with Gasteiger partial charge in [-0.3, -0.25) is 9.59 Å². The van der Waals surface area contributed by atoms with Crippen molar-refractivity contribution in [2.45, 2.75) is 69.7 Å². The minimum absolute atomic E-state index is 0.207. The van der Waals surface area contributed by atoms with Crippen molar-refractivity contribution >= 4 is 11.6 Å². The summed E-state index contributed by atoms with van der Waals surface area (Å²) in [5, 5.41) is 11.4. The van der Waals surface area contributed by atoms with Crippen molar-refractivity contribution in [1.29, 1.82) is 0 Å². The summed E-state index contributed by atoms with van der Waals surface area (Å²) >= 11 is 0. The zero-order chi connectivity index (χ0) is 15.3. The second-order valence-corrected chi connectivity index (χ2v) is 8.66. The van der Waals surface area contributed by atoms with Gasteiger partial charge in [-0.15, -0.1) is 0 Å². The fourth-order valence-corrected chi connectivity index (χ4v) is 6.82. The Balaban J connectivity index is 1.49. The van der Waals surface area contributed by atoms with Crippen LogP contribution in [0.1, 0.15) is 51.9 Å². The first-order valence-electron chi connectivity index (χ1n) is 8.90. The van der Waals surface area contributed by atoms with Crippen LogP contribution in [0.4, 0.5) is 0 Å². The Morgan fingerprint density at radius 1 is 1.14 bits per heavy atom. The number of aliphatic hydroxyl groups is 1. The lowest BCUT2D eigenvalue weighted by Crippen LogP contribution is -2.61. The monoisotopic (exact) mass is 304 g/mol.